The van der Waals surface area contributed by atoms with E-state index in [-0.39, 0.29) is 29.0 Å². The number of aromatic nitrogens is 2. The molecule has 5 rings (SSSR count). The topological polar surface area (TPSA) is 81.1 Å². The molecule has 33 heavy (non-hydrogen) atoms. The molecule has 0 aliphatic heterocycles. The number of benzene rings is 1. The van der Waals surface area contributed by atoms with Crippen molar-refractivity contribution in [2.24, 2.45) is 0 Å². The van der Waals surface area contributed by atoms with Gasteiger partial charge < -0.3 is 5.32 Å². The van der Waals surface area contributed by atoms with Gasteiger partial charge in [0.1, 0.15) is 4.83 Å². The minimum atomic E-state index is -0.147. The predicted molar refractivity (Wildman–Crippen MR) is 134 cm³/mol. The van der Waals surface area contributed by atoms with Crippen molar-refractivity contribution in [2.45, 2.75) is 69.5 Å². The Kier molecular flexibility index (Phi) is 6.38. The maximum absolute atomic E-state index is 13.7. The zero-order valence-corrected chi connectivity index (χ0v) is 20.3. The molecular formula is C25H27N3O3S2. The first-order valence-corrected chi connectivity index (χ1v) is 13.4. The molecule has 0 spiro atoms. The number of thiophene rings is 1. The Bertz CT molecular complexity index is 1270. The fourth-order valence-electron chi connectivity index (χ4n) is 4.94. The number of carbonyl (C=O) groups is 2. The van der Waals surface area contributed by atoms with Gasteiger partial charge in [0.2, 0.25) is 5.91 Å². The molecule has 8 heteroatoms. The summed E-state index contributed by atoms with van der Waals surface area (Å²) in [5, 5.41) is 4.20. The van der Waals surface area contributed by atoms with Crippen molar-refractivity contribution in [3.8, 4) is 0 Å². The van der Waals surface area contributed by atoms with E-state index in [2.05, 4.69) is 5.32 Å². The van der Waals surface area contributed by atoms with Crippen molar-refractivity contribution >= 4 is 50.7 Å². The number of anilines is 1. The van der Waals surface area contributed by atoms with E-state index in [1.807, 2.05) is 4.57 Å². The molecule has 0 atom stereocenters. The lowest BCUT2D eigenvalue weighted by Crippen LogP contribution is -2.27. The smallest absolute Gasteiger partial charge is 0.263 e. The number of hydrogen-bond acceptors (Lipinski definition) is 6. The summed E-state index contributed by atoms with van der Waals surface area (Å²) in [5.41, 5.74) is 2.55. The van der Waals surface area contributed by atoms with Crippen LogP contribution >= 0.6 is 23.1 Å². The van der Waals surface area contributed by atoms with Gasteiger partial charge in [-0.15, -0.1) is 11.3 Å². The molecule has 1 saturated carbocycles. The standard InChI is InChI=1S/C25H27N3O3S2/c1-15(29)26-17-12-10-16(11-13-17)20(30)14-32-25-27-23-22(19-8-4-5-9-21(19)33-23)24(31)28(25)18-6-2-3-7-18/h10-13,18H,2-9,14H2,1H3,(H,26,29). The van der Waals surface area contributed by atoms with Crippen LogP contribution in [0.3, 0.4) is 0 Å². The number of nitrogens with zero attached hydrogens (tertiary/aromatic N) is 2. The van der Waals surface area contributed by atoms with Crippen LogP contribution in [-0.2, 0) is 17.6 Å². The molecular weight excluding hydrogens is 454 g/mol. The number of Topliss-reactive ketones (excluding diaryl/α,β-unsaturated/α-hetero) is 1. The van der Waals surface area contributed by atoms with Crippen LogP contribution in [0.4, 0.5) is 5.69 Å². The molecule has 1 N–H and O–H groups in total. The monoisotopic (exact) mass is 481 g/mol. The number of carbonyl (C=O) groups excluding carboxylic acids is 2. The lowest BCUT2D eigenvalue weighted by atomic mass is 9.97. The van der Waals surface area contributed by atoms with Gasteiger partial charge in [-0.3, -0.25) is 19.0 Å². The van der Waals surface area contributed by atoms with Crippen LogP contribution in [-0.4, -0.2) is 27.0 Å². The summed E-state index contributed by atoms with van der Waals surface area (Å²) in [7, 11) is 0. The zero-order chi connectivity index (χ0) is 22.9. The Hall–Kier alpha value is -2.45. The second-order valence-corrected chi connectivity index (χ2v) is 10.9. The lowest BCUT2D eigenvalue weighted by Gasteiger charge is -2.18. The van der Waals surface area contributed by atoms with E-state index in [0.29, 0.717) is 16.4 Å². The van der Waals surface area contributed by atoms with Crippen molar-refractivity contribution in [2.75, 3.05) is 11.1 Å². The summed E-state index contributed by atoms with van der Waals surface area (Å²) < 4.78 is 1.90. The van der Waals surface area contributed by atoms with E-state index in [0.717, 1.165) is 55.2 Å². The van der Waals surface area contributed by atoms with Crippen LogP contribution in [0.2, 0.25) is 0 Å². The SMILES string of the molecule is CC(=O)Nc1ccc(C(=O)CSc2nc3sc4c(c3c(=O)n2C2CCCC2)CCCC4)cc1. The molecule has 3 aromatic rings. The molecule has 172 valence electrons. The fourth-order valence-corrected chi connectivity index (χ4v) is 7.20. The van der Waals surface area contributed by atoms with Crippen molar-refractivity contribution in [1.82, 2.24) is 9.55 Å². The second-order valence-electron chi connectivity index (χ2n) is 8.87. The molecule has 6 nitrogen and oxygen atoms in total. The Morgan fingerprint density at radius 2 is 1.85 bits per heavy atom. The average molecular weight is 482 g/mol. The van der Waals surface area contributed by atoms with E-state index in [1.54, 1.807) is 35.6 Å². The number of aryl methyl sites for hydroxylation is 2. The van der Waals surface area contributed by atoms with Gasteiger partial charge in [0.15, 0.2) is 10.9 Å². The van der Waals surface area contributed by atoms with Crippen molar-refractivity contribution in [3.05, 3.63) is 50.6 Å². The summed E-state index contributed by atoms with van der Waals surface area (Å²) in [6.45, 7) is 1.45. The summed E-state index contributed by atoms with van der Waals surface area (Å²) in [4.78, 5) is 44.9. The molecule has 2 aromatic heterocycles. The molecule has 1 aromatic carbocycles. The van der Waals surface area contributed by atoms with Crippen molar-refractivity contribution in [1.29, 1.82) is 0 Å². The molecule has 0 saturated heterocycles. The highest BCUT2D eigenvalue weighted by atomic mass is 32.2. The number of fused-ring (bicyclic) bond motifs is 3. The van der Waals surface area contributed by atoms with Crippen molar-refractivity contribution < 1.29 is 9.59 Å². The first-order valence-electron chi connectivity index (χ1n) is 11.6. The third kappa shape index (κ3) is 4.51. The minimum absolute atomic E-state index is 0.0211. The van der Waals surface area contributed by atoms with E-state index in [1.165, 1.54) is 35.5 Å². The van der Waals surface area contributed by atoms with Gasteiger partial charge in [0.25, 0.3) is 5.56 Å². The van der Waals surface area contributed by atoms with Crippen LogP contribution in [0.25, 0.3) is 10.2 Å². The average Bonchev–Trinajstić information content (AvgIpc) is 3.45. The number of nitrogens with one attached hydrogen (secondary N) is 1. The quantitative estimate of drug-likeness (QED) is 0.290. The Labute approximate surface area is 200 Å². The van der Waals surface area contributed by atoms with Gasteiger partial charge >= 0.3 is 0 Å². The first kappa shape index (κ1) is 22.3. The highest BCUT2D eigenvalue weighted by molar-refractivity contribution is 7.99. The predicted octanol–water partition coefficient (Wildman–Crippen LogP) is 5.39. The maximum atomic E-state index is 13.7. The molecule has 0 radical (unpaired) electrons. The van der Waals surface area contributed by atoms with Crippen LogP contribution in [0, 0.1) is 0 Å². The Balaban J connectivity index is 1.44. The molecule has 2 heterocycles. The molecule has 2 aliphatic rings. The summed E-state index contributed by atoms with van der Waals surface area (Å²) in [6, 6.07) is 7.08. The molecule has 1 amide bonds. The van der Waals surface area contributed by atoms with Gasteiger partial charge in [0, 0.05) is 29.1 Å². The van der Waals surface area contributed by atoms with Crippen LogP contribution in [0.5, 0.6) is 0 Å². The number of thioether (sulfide) groups is 1. The van der Waals surface area contributed by atoms with E-state index >= 15 is 0 Å². The molecule has 0 unspecified atom stereocenters. The van der Waals surface area contributed by atoms with Gasteiger partial charge in [-0.25, -0.2) is 4.98 Å². The number of rotatable bonds is 6. The van der Waals surface area contributed by atoms with Gasteiger partial charge in [-0.2, -0.15) is 0 Å². The maximum Gasteiger partial charge on any atom is 0.263 e. The Morgan fingerprint density at radius 1 is 1.12 bits per heavy atom. The zero-order valence-electron chi connectivity index (χ0n) is 18.7. The van der Waals surface area contributed by atoms with Gasteiger partial charge in [-0.1, -0.05) is 24.6 Å². The normalized spacial score (nSPS) is 16.2. The lowest BCUT2D eigenvalue weighted by molar-refractivity contribution is -0.114. The van der Waals surface area contributed by atoms with E-state index < -0.39 is 0 Å². The molecule has 1 fully saturated rings. The van der Waals surface area contributed by atoms with Crippen LogP contribution < -0.4 is 10.9 Å². The van der Waals surface area contributed by atoms with Crippen LogP contribution in [0.15, 0.2) is 34.2 Å². The molecule has 2 aliphatic carbocycles. The van der Waals surface area contributed by atoms with Crippen LogP contribution in [0.1, 0.15) is 72.3 Å². The minimum Gasteiger partial charge on any atom is -0.326 e. The highest BCUT2D eigenvalue weighted by Gasteiger charge is 2.27. The van der Waals surface area contributed by atoms with E-state index in [9.17, 15) is 14.4 Å². The largest absolute Gasteiger partial charge is 0.326 e. The number of ketones is 1. The fraction of sp³-hybridized carbons (Fsp3) is 0.440. The summed E-state index contributed by atoms with van der Waals surface area (Å²) in [5.74, 6) is 0.0494. The van der Waals surface area contributed by atoms with Crippen molar-refractivity contribution in [3.63, 3.8) is 0 Å². The number of amides is 1. The van der Waals surface area contributed by atoms with Gasteiger partial charge in [-0.05, 0) is 68.4 Å². The first-order chi connectivity index (χ1) is 16.0. The second kappa shape index (κ2) is 9.43. The van der Waals surface area contributed by atoms with Gasteiger partial charge in [0.05, 0.1) is 11.1 Å². The van der Waals surface area contributed by atoms with E-state index in [4.69, 9.17) is 4.98 Å². The highest BCUT2D eigenvalue weighted by Crippen LogP contribution is 2.37. The third-order valence-corrected chi connectivity index (χ3v) is 8.68. The summed E-state index contributed by atoms with van der Waals surface area (Å²) in [6.07, 6.45) is 8.55. The number of hydrogen-bond donors (Lipinski definition) is 1. The third-order valence-electron chi connectivity index (χ3n) is 6.54. The molecule has 0 bridgehead atoms. The summed E-state index contributed by atoms with van der Waals surface area (Å²) >= 11 is 3.03. The Morgan fingerprint density at radius 3 is 2.58 bits per heavy atom.